The molecule has 0 saturated carbocycles. The molecular formula is C35H37N3O5. The zero-order valence-electron chi connectivity index (χ0n) is 24.5. The summed E-state index contributed by atoms with van der Waals surface area (Å²) in [5.41, 5.74) is 6.47. The standard InChI is InChI=1S/C35H33N3O5.2H2/c1-22(2)35(40)37-28-15-7-24(8-16-28)23-5-13-27(14-6-23)36-32(39)21-31-33(25-9-17-29(41-3)18-10-25)34(38-43-31)26-11-19-30(42-4)20-12-26;;/h5-20,22H,21H2,1-4H3,(H,36,39)(H,37,40);2*1H. The van der Waals surface area contributed by atoms with Crippen LogP contribution in [0.3, 0.4) is 0 Å². The molecule has 0 spiro atoms. The molecule has 0 bridgehead atoms. The molecule has 0 fully saturated rings. The lowest BCUT2D eigenvalue weighted by Crippen LogP contribution is -2.17. The van der Waals surface area contributed by atoms with Crippen molar-refractivity contribution in [3.05, 3.63) is 103 Å². The molecule has 1 aromatic heterocycles. The highest BCUT2D eigenvalue weighted by Gasteiger charge is 2.22. The molecule has 43 heavy (non-hydrogen) atoms. The Bertz CT molecular complexity index is 1700. The molecule has 0 unspecified atom stereocenters. The largest absolute Gasteiger partial charge is 0.497 e. The first-order valence-corrected chi connectivity index (χ1v) is 13.9. The highest BCUT2D eigenvalue weighted by Crippen LogP contribution is 2.36. The van der Waals surface area contributed by atoms with Crippen LogP contribution in [0.4, 0.5) is 11.4 Å². The van der Waals surface area contributed by atoms with Crippen LogP contribution in [0.25, 0.3) is 33.5 Å². The van der Waals surface area contributed by atoms with Crippen molar-refractivity contribution in [2.75, 3.05) is 24.9 Å². The van der Waals surface area contributed by atoms with Gasteiger partial charge in [0, 0.05) is 25.7 Å². The van der Waals surface area contributed by atoms with E-state index in [0.717, 1.165) is 45.0 Å². The number of rotatable bonds is 10. The quantitative estimate of drug-likeness (QED) is 0.174. The summed E-state index contributed by atoms with van der Waals surface area (Å²) in [4.78, 5) is 25.1. The Labute approximate surface area is 253 Å². The number of ether oxygens (including phenoxy) is 2. The van der Waals surface area contributed by atoms with E-state index in [1.807, 2.05) is 111 Å². The lowest BCUT2D eigenvalue weighted by Gasteiger charge is -2.10. The fourth-order valence-electron chi connectivity index (χ4n) is 4.58. The summed E-state index contributed by atoms with van der Waals surface area (Å²) in [7, 11) is 3.23. The molecule has 2 N–H and O–H groups in total. The molecule has 0 aliphatic rings. The Balaban J connectivity index is 0.00000276. The first kappa shape index (κ1) is 29.1. The van der Waals surface area contributed by atoms with Gasteiger partial charge in [0.05, 0.1) is 26.2 Å². The van der Waals surface area contributed by atoms with Gasteiger partial charge in [-0.05, 0) is 77.4 Å². The van der Waals surface area contributed by atoms with E-state index < -0.39 is 0 Å². The van der Waals surface area contributed by atoms with E-state index in [1.165, 1.54) is 0 Å². The fraction of sp³-hybridized carbons (Fsp3) is 0.171. The molecule has 0 radical (unpaired) electrons. The summed E-state index contributed by atoms with van der Waals surface area (Å²) in [5.74, 6) is 1.57. The molecule has 0 aliphatic carbocycles. The molecule has 8 heteroatoms. The van der Waals surface area contributed by atoms with Crippen molar-refractivity contribution in [1.29, 1.82) is 0 Å². The van der Waals surface area contributed by atoms with Crippen molar-refractivity contribution in [1.82, 2.24) is 5.16 Å². The number of nitrogens with one attached hydrogen (secondary N) is 2. The predicted octanol–water partition coefficient (Wildman–Crippen LogP) is 7.96. The van der Waals surface area contributed by atoms with Gasteiger partial charge < -0.3 is 24.6 Å². The van der Waals surface area contributed by atoms with Crippen LogP contribution in [0.5, 0.6) is 11.5 Å². The summed E-state index contributed by atoms with van der Waals surface area (Å²) in [6, 6.07) is 30.4. The van der Waals surface area contributed by atoms with Gasteiger partial charge >= 0.3 is 0 Å². The molecule has 8 nitrogen and oxygen atoms in total. The van der Waals surface area contributed by atoms with Gasteiger partial charge in [0.1, 0.15) is 17.2 Å². The number of methoxy groups -OCH3 is 2. The molecule has 0 aliphatic heterocycles. The second-order valence-corrected chi connectivity index (χ2v) is 10.3. The Morgan fingerprint density at radius 2 is 1.16 bits per heavy atom. The zero-order valence-corrected chi connectivity index (χ0v) is 24.5. The first-order chi connectivity index (χ1) is 20.8. The van der Waals surface area contributed by atoms with E-state index in [2.05, 4.69) is 15.8 Å². The smallest absolute Gasteiger partial charge is 0.232 e. The van der Waals surface area contributed by atoms with Crippen molar-refractivity contribution in [2.45, 2.75) is 20.3 Å². The van der Waals surface area contributed by atoms with Gasteiger partial charge in [-0.2, -0.15) is 0 Å². The number of hydrogen-bond acceptors (Lipinski definition) is 6. The highest BCUT2D eigenvalue weighted by molar-refractivity contribution is 5.95. The highest BCUT2D eigenvalue weighted by atomic mass is 16.5. The van der Waals surface area contributed by atoms with E-state index in [9.17, 15) is 9.59 Å². The predicted molar refractivity (Wildman–Crippen MR) is 172 cm³/mol. The molecule has 1 heterocycles. The van der Waals surface area contributed by atoms with Crippen LogP contribution in [0.15, 0.2) is 102 Å². The monoisotopic (exact) mass is 579 g/mol. The van der Waals surface area contributed by atoms with Crippen molar-refractivity contribution in [3.8, 4) is 45.0 Å². The number of aromatic nitrogens is 1. The number of nitrogens with zero attached hydrogens (tertiary/aromatic N) is 1. The van der Waals surface area contributed by atoms with Crippen molar-refractivity contribution in [2.24, 2.45) is 5.92 Å². The lowest BCUT2D eigenvalue weighted by atomic mass is 9.97. The Morgan fingerprint density at radius 3 is 1.65 bits per heavy atom. The van der Waals surface area contributed by atoms with Crippen LogP contribution in [0.1, 0.15) is 22.5 Å². The van der Waals surface area contributed by atoms with Gasteiger partial charge in [-0.25, -0.2) is 0 Å². The van der Waals surface area contributed by atoms with Crippen LogP contribution in [-0.2, 0) is 16.0 Å². The number of carbonyl (C=O) groups is 2. The topological polar surface area (TPSA) is 103 Å². The third-order valence-electron chi connectivity index (χ3n) is 7.00. The number of hydrogen-bond donors (Lipinski definition) is 2. The van der Waals surface area contributed by atoms with Gasteiger partial charge in [0.2, 0.25) is 11.8 Å². The van der Waals surface area contributed by atoms with Gasteiger partial charge in [-0.1, -0.05) is 55.4 Å². The summed E-state index contributed by atoms with van der Waals surface area (Å²) < 4.78 is 16.4. The summed E-state index contributed by atoms with van der Waals surface area (Å²) >= 11 is 0. The number of carbonyl (C=O) groups excluding carboxylic acids is 2. The second-order valence-electron chi connectivity index (χ2n) is 10.3. The minimum absolute atomic E-state index is 0. The maximum atomic E-state index is 13.2. The Morgan fingerprint density at radius 1 is 0.698 bits per heavy atom. The van der Waals surface area contributed by atoms with Gasteiger partial charge in [0.15, 0.2) is 5.76 Å². The molecule has 222 valence electrons. The maximum absolute atomic E-state index is 13.2. The molecule has 2 amide bonds. The molecule has 4 aromatic carbocycles. The molecular weight excluding hydrogens is 542 g/mol. The van der Waals surface area contributed by atoms with E-state index in [4.69, 9.17) is 14.0 Å². The third-order valence-corrected chi connectivity index (χ3v) is 7.00. The SMILES string of the molecule is COc1ccc(-c2noc(CC(=O)Nc3ccc(-c4ccc(NC(=O)C(C)C)cc4)cc3)c2-c2ccc(OC)cc2)cc1.[HH].[HH]. The van der Waals surface area contributed by atoms with Gasteiger partial charge in [-0.3, -0.25) is 9.59 Å². The maximum Gasteiger partial charge on any atom is 0.232 e. The number of anilines is 2. The zero-order chi connectivity index (χ0) is 30.3. The summed E-state index contributed by atoms with van der Waals surface area (Å²) in [6.45, 7) is 3.71. The molecule has 5 rings (SSSR count). The normalized spacial score (nSPS) is 10.8. The number of benzene rings is 4. The molecule has 5 aromatic rings. The van der Waals surface area contributed by atoms with E-state index >= 15 is 0 Å². The Kier molecular flexibility index (Phi) is 8.86. The lowest BCUT2D eigenvalue weighted by molar-refractivity contribution is -0.119. The van der Waals surface area contributed by atoms with Crippen LogP contribution in [-0.4, -0.2) is 31.2 Å². The van der Waals surface area contributed by atoms with Gasteiger partial charge in [0.25, 0.3) is 0 Å². The first-order valence-electron chi connectivity index (χ1n) is 13.9. The fourth-order valence-corrected chi connectivity index (χ4v) is 4.58. The second kappa shape index (κ2) is 13.1. The minimum atomic E-state index is -0.231. The summed E-state index contributed by atoms with van der Waals surface area (Å²) in [5, 5.41) is 10.2. The van der Waals surface area contributed by atoms with Crippen LogP contribution >= 0.6 is 0 Å². The van der Waals surface area contributed by atoms with Gasteiger partial charge in [-0.15, -0.1) is 0 Å². The van der Waals surface area contributed by atoms with Crippen molar-refractivity contribution < 1.29 is 26.4 Å². The minimum Gasteiger partial charge on any atom is -0.497 e. The average Bonchev–Trinajstić information content (AvgIpc) is 3.45. The van der Waals surface area contributed by atoms with E-state index in [-0.39, 0.29) is 27.0 Å². The van der Waals surface area contributed by atoms with Crippen molar-refractivity contribution >= 4 is 23.2 Å². The van der Waals surface area contributed by atoms with Crippen LogP contribution in [0.2, 0.25) is 0 Å². The number of amides is 2. The van der Waals surface area contributed by atoms with Crippen LogP contribution < -0.4 is 20.1 Å². The Hall–Kier alpha value is -5.37. The van der Waals surface area contributed by atoms with Crippen LogP contribution in [0, 0.1) is 5.92 Å². The van der Waals surface area contributed by atoms with E-state index in [1.54, 1.807) is 14.2 Å². The third kappa shape index (κ3) is 6.93. The average molecular weight is 580 g/mol. The van der Waals surface area contributed by atoms with E-state index in [0.29, 0.717) is 17.1 Å². The molecule has 0 atom stereocenters. The molecule has 0 saturated heterocycles. The summed E-state index contributed by atoms with van der Waals surface area (Å²) in [6.07, 6.45) is -0.00414. The van der Waals surface area contributed by atoms with Crippen molar-refractivity contribution in [3.63, 3.8) is 0 Å².